The summed E-state index contributed by atoms with van der Waals surface area (Å²) in [4.78, 5) is 10.7. The Morgan fingerprint density at radius 1 is 0.867 bits per heavy atom. The smallest absolute Gasteiger partial charge is 0.269 e. The summed E-state index contributed by atoms with van der Waals surface area (Å²) in [6, 6.07) is 27.1. The Kier molecular flexibility index (Phi) is 4.45. The second-order valence-electron chi connectivity index (χ2n) is 7.56. The molecular weight excluding hydrogens is 376 g/mol. The Balaban J connectivity index is 1.65. The first kappa shape index (κ1) is 18.3. The van der Waals surface area contributed by atoms with E-state index >= 15 is 0 Å². The first-order valence-electron chi connectivity index (χ1n) is 9.85. The molecule has 0 unspecified atom stereocenters. The van der Waals surface area contributed by atoms with Gasteiger partial charge in [-0.1, -0.05) is 72.3 Å². The number of nitrogens with zero attached hydrogens (tertiary/aromatic N) is 1. The number of hydrogen-bond acceptors (Lipinski definition) is 4. The molecule has 1 aliphatic rings. The summed E-state index contributed by atoms with van der Waals surface area (Å²) < 4.78 is 6.36. The van der Waals surface area contributed by atoms with Crippen LogP contribution >= 0.6 is 0 Å². The van der Waals surface area contributed by atoms with Gasteiger partial charge >= 0.3 is 0 Å². The van der Waals surface area contributed by atoms with Crippen LogP contribution in [-0.2, 0) is 0 Å². The molecule has 1 heterocycles. The Bertz CT molecular complexity index is 1230. The maximum atomic E-state index is 11.1. The fourth-order valence-electron chi connectivity index (χ4n) is 4.03. The molecule has 0 fully saturated rings. The van der Waals surface area contributed by atoms with Crippen molar-refractivity contribution in [3.63, 3.8) is 0 Å². The Morgan fingerprint density at radius 3 is 2.30 bits per heavy atom. The third-order valence-corrected chi connectivity index (χ3v) is 5.60. The van der Waals surface area contributed by atoms with Crippen molar-refractivity contribution in [3.8, 4) is 5.75 Å². The molecule has 148 valence electrons. The molecule has 0 aromatic heterocycles. The summed E-state index contributed by atoms with van der Waals surface area (Å²) in [5.41, 5.74) is 4.31. The average molecular weight is 396 g/mol. The van der Waals surface area contributed by atoms with Gasteiger partial charge in [-0.25, -0.2) is 0 Å². The number of nitro groups is 1. The highest BCUT2D eigenvalue weighted by Crippen LogP contribution is 2.42. The molecule has 0 saturated carbocycles. The van der Waals surface area contributed by atoms with Gasteiger partial charge < -0.3 is 4.74 Å². The monoisotopic (exact) mass is 396 g/mol. The first-order valence-corrected chi connectivity index (χ1v) is 9.85. The molecule has 4 aromatic rings. The van der Waals surface area contributed by atoms with Crippen LogP contribution in [0.15, 0.2) is 84.9 Å². The van der Waals surface area contributed by atoms with E-state index in [1.54, 1.807) is 12.1 Å². The van der Waals surface area contributed by atoms with Gasteiger partial charge in [0.05, 0.1) is 11.0 Å². The van der Waals surface area contributed by atoms with Crippen molar-refractivity contribution < 1.29 is 9.66 Å². The minimum Gasteiger partial charge on any atom is -0.471 e. The summed E-state index contributed by atoms with van der Waals surface area (Å²) in [6.07, 6.45) is -0.320. The zero-order chi connectivity index (χ0) is 20.7. The van der Waals surface area contributed by atoms with E-state index in [9.17, 15) is 10.1 Å². The van der Waals surface area contributed by atoms with Crippen LogP contribution in [0.5, 0.6) is 5.75 Å². The van der Waals surface area contributed by atoms with Crippen molar-refractivity contribution in [2.75, 3.05) is 0 Å². The van der Waals surface area contributed by atoms with E-state index in [1.165, 1.54) is 5.56 Å². The van der Waals surface area contributed by atoms with Crippen molar-refractivity contribution in [1.82, 2.24) is 5.32 Å². The van der Waals surface area contributed by atoms with Crippen LogP contribution < -0.4 is 10.1 Å². The highest BCUT2D eigenvalue weighted by molar-refractivity contribution is 5.89. The second kappa shape index (κ2) is 7.28. The fraction of sp³-hybridized carbons (Fsp3) is 0.120. The van der Waals surface area contributed by atoms with Crippen LogP contribution in [0.3, 0.4) is 0 Å². The highest BCUT2D eigenvalue weighted by Gasteiger charge is 2.31. The lowest BCUT2D eigenvalue weighted by Gasteiger charge is -2.35. The average Bonchev–Trinajstić information content (AvgIpc) is 2.78. The van der Waals surface area contributed by atoms with Crippen molar-refractivity contribution in [2.45, 2.75) is 19.2 Å². The molecule has 0 spiro atoms. The van der Waals surface area contributed by atoms with Crippen molar-refractivity contribution in [2.24, 2.45) is 0 Å². The molecule has 2 atom stereocenters. The van der Waals surface area contributed by atoms with Crippen LogP contribution in [0, 0.1) is 17.0 Å². The summed E-state index contributed by atoms with van der Waals surface area (Å²) in [7, 11) is 0. The van der Waals surface area contributed by atoms with Crippen LogP contribution in [0.2, 0.25) is 0 Å². The topological polar surface area (TPSA) is 64.4 Å². The normalized spacial score (nSPS) is 17.9. The molecule has 0 aliphatic carbocycles. The number of nitrogens with one attached hydrogen (secondary N) is 1. The number of ether oxygens (including phenoxy) is 1. The van der Waals surface area contributed by atoms with E-state index in [2.05, 4.69) is 54.7 Å². The van der Waals surface area contributed by atoms with Gasteiger partial charge in [0.25, 0.3) is 5.69 Å². The molecule has 1 aliphatic heterocycles. The molecule has 5 nitrogen and oxygen atoms in total. The van der Waals surface area contributed by atoms with Gasteiger partial charge in [0, 0.05) is 23.3 Å². The van der Waals surface area contributed by atoms with Crippen LogP contribution in [0.1, 0.15) is 34.5 Å². The molecule has 0 saturated heterocycles. The number of hydrogen-bond donors (Lipinski definition) is 1. The van der Waals surface area contributed by atoms with Gasteiger partial charge in [0.1, 0.15) is 5.75 Å². The third kappa shape index (κ3) is 3.19. The lowest BCUT2D eigenvalue weighted by molar-refractivity contribution is -0.384. The van der Waals surface area contributed by atoms with Crippen molar-refractivity contribution in [1.29, 1.82) is 0 Å². The summed E-state index contributed by atoms with van der Waals surface area (Å²) in [5.74, 6) is 0.821. The fourth-order valence-corrected chi connectivity index (χ4v) is 4.03. The van der Waals surface area contributed by atoms with E-state index in [4.69, 9.17) is 4.74 Å². The number of aryl methyl sites for hydroxylation is 1. The number of benzene rings is 4. The van der Waals surface area contributed by atoms with E-state index in [1.807, 2.05) is 30.3 Å². The third-order valence-electron chi connectivity index (χ3n) is 5.60. The number of non-ortho nitro benzene ring substituents is 1. The van der Waals surface area contributed by atoms with Crippen molar-refractivity contribution >= 4 is 16.5 Å². The predicted molar refractivity (Wildman–Crippen MR) is 117 cm³/mol. The van der Waals surface area contributed by atoms with Gasteiger partial charge in [-0.3, -0.25) is 15.4 Å². The molecule has 0 bridgehead atoms. The number of nitro benzene ring substituents is 1. The van der Waals surface area contributed by atoms with E-state index in [-0.39, 0.29) is 22.9 Å². The largest absolute Gasteiger partial charge is 0.471 e. The van der Waals surface area contributed by atoms with Crippen LogP contribution in [0.25, 0.3) is 10.8 Å². The number of rotatable bonds is 3. The molecule has 0 radical (unpaired) electrons. The van der Waals surface area contributed by atoms with Gasteiger partial charge in [0.2, 0.25) is 0 Å². The lowest BCUT2D eigenvalue weighted by Crippen LogP contribution is -2.35. The summed E-state index contributed by atoms with van der Waals surface area (Å²) in [5, 5.41) is 16.9. The first-order chi connectivity index (χ1) is 14.6. The van der Waals surface area contributed by atoms with Crippen LogP contribution in [0.4, 0.5) is 5.69 Å². The van der Waals surface area contributed by atoms with Crippen LogP contribution in [-0.4, -0.2) is 4.92 Å². The maximum Gasteiger partial charge on any atom is 0.269 e. The highest BCUT2D eigenvalue weighted by atomic mass is 16.6. The zero-order valence-electron chi connectivity index (χ0n) is 16.4. The standard InChI is InChI=1S/C25H20N2O3/c1-16-6-8-19(9-7-16)25-26-24(18-10-13-20(14-11-18)27(28)29)23-21-5-3-2-4-17(21)12-15-22(23)30-25/h2-15,24-26H,1H3/t24-,25+/m0/s1. The van der Waals surface area contributed by atoms with Gasteiger partial charge in [-0.2, -0.15) is 0 Å². The Morgan fingerprint density at radius 2 is 1.57 bits per heavy atom. The van der Waals surface area contributed by atoms with E-state index in [0.29, 0.717) is 0 Å². The minimum absolute atomic E-state index is 0.0824. The molecule has 1 N–H and O–H groups in total. The quantitative estimate of drug-likeness (QED) is 0.350. The van der Waals surface area contributed by atoms with E-state index < -0.39 is 0 Å². The van der Waals surface area contributed by atoms with Gasteiger partial charge in [-0.15, -0.1) is 0 Å². The molecular formula is C25H20N2O3. The summed E-state index contributed by atoms with van der Waals surface area (Å²) >= 11 is 0. The molecule has 5 rings (SSSR count). The Labute approximate surface area is 174 Å². The van der Waals surface area contributed by atoms with Gasteiger partial charge in [0.15, 0.2) is 6.23 Å². The Hall–Kier alpha value is -3.70. The summed E-state index contributed by atoms with van der Waals surface area (Å²) in [6.45, 7) is 2.06. The van der Waals surface area contributed by atoms with E-state index in [0.717, 1.165) is 33.2 Å². The molecule has 0 amide bonds. The second-order valence-corrected chi connectivity index (χ2v) is 7.56. The predicted octanol–water partition coefficient (Wildman–Crippen LogP) is 5.83. The number of fused-ring (bicyclic) bond motifs is 3. The minimum atomic E-state index is -0.375. The lowest BCUT2D eigenvalue weighted by atomic mass is 9.91. The molecule has 4 aromatic carbocycles. The SMILES string of the molecule is Cc1ccc([C@@H]2N[C@@H](c3ccc([N+](=O)[O-])cc3)c3c(ccc4ccccc34)O2)cc1. The molecule has 5 heteroatoms. The molecule has 30 heavy (non-hydrogen) atoms. The maximum absolute atomic E-state index is 11.1. The van der Waals surface area contributed by atoms with Gasteiger partial charge in [-0.05, 0) is 29.3 Å². The van der Waals surface area contributed by atoms with Crippen molar-refractivity contribution in [3.05, 3.63) is 117 Å². The zero-order valence-corrected chi connectivity index (χ0v) is 16.4.